The summed E-state index contributed by atoms with van der Waals surface area (Å²) in [6, 6.07) is 12.0. The van der Waals surface area contributed by atoms with Crippen LogP contribution in [0.1, 0.15) is 0 Å². The fourth-order valence-electron chi connectivity index (χ4n) is 2.60. The Morgan fingerprint density at radius 1 is 1.05 bits per heavy atom. The van der Waals surface area contributed by atoms with E-state index in [0.29, 0.717) is 0 Å². The number of aromatic nitrogens is 3. The molecule has 2 heterocycles. The topological polar surface area (TPSA) is 50.8 Å². The van der Waals surface area contributed by atoms with Crippen LogP contribution in [0, 0.1) is 5.82 Å². The molecule has 4 rings (SSSR count). The van der Waals surface area contributed by atoms with E-state index in [0.717, 1.165) is 38.8 Å². The van der Waals surface area contributed by atoms with E-state index in [2.05, 4.69) is 15.2 Å². The van der Waals surface area contributed by atoms with Gasteiger partial charge in [-0.05, 0) is 42.5 Å². The molecule has 1 N–H and O–H groups in total. The fraction of sp³-hybridized carbons (Fsp3) is 0.0588. The van der Waals surface area contributed by atoms with Crippen LogP contribution in [-0.2, 0) is 0 Å². The van der Waals surface area contributed by atoms with Crippen LogP contribution in [0.2, 0.25) is 0 Å². The highest BCUT2D eigenvalue weighted by Gasteiger charge is 2.12. The number of halogens is 1. The Morgan fingerprint density at radius 3 is 2.64 bits per heavy atom. The van der Waals surface area contributed by atoms with Crippen LogP contribution in [0.5, 0.6) is 5.75 Å². The minimum atomic E-state index is -0.267. The van der Waals surface area contributed by atoms with Crippen molar-refractivity contribution in [2.45, 2.75) is 0 Å². The monoisotopic (exact) mass is 293 g/mol. The van der Waals surface area contributed by atoms with Crippen LogP contribution in [0.4, 0.5) is 4.39 Å². The van der Waals surface area contributed by atoms with E-state index >= 15 is 0 Å². The zero-order valence-corrected chi connectivity index (χ0v) is 11.8. The Bertz CT molecular complexity index is 976. The van der Waals surface area contributed by atoms with Gasteiger partial charge in [0.2, 0.25) is 0 Å². The molecule has 22 heavy (non-hydrogen) atoms. The highest BCUT2D eigenvalue weighted by Crippen LogP contribution is 2.31. The number of aromatic amines is 1. The summed E-state index contributed by atoms with van der Waals surface area (Å²) in [7, 11) is 1.63. The smallest absolute Gasteiger partial charge is 0.123 e. The van der Waals surface area contributed by atoms with Gasteiger partial charge in [-0.3, -0.25) is 10.1 Å². The molecule has 0 aliphatic rings. The zero-order valence-electron chi connectivity index (χ0n) is 11.8. The number of H-pyrrole nitrogens is 1. The Balaban J connectivity index is 1.99. The van der Waals surface area contributed by atoms with Gasteiger partial charge in [-0.2, -0.15) is 5.10 Å². The van der Waals surface area contributed by atoms with Crippen LogP contribution in [0.3, 0.4) is 0 Å². The summed E-state index contributed by atoms with van der Waals surface area (Å²) in [5.74, 6) is 0.497. The molecule has 0 aliphatic heterocycles. The van der Waals surface area contributed by atoms with Gasteiger partial charge < -0.3 is 4.74 Å². The second kappa shape index (κ2) is 4.80. The summed E-state index contributed by atoms with van der Waals surface area (Å²) in [4.78, 5) is 4.47. The predicted molar refractivity (Wildman–Crippen MR) is 83.3 cm³/mol. The van der Waals surface area contributed by atoms with Gasteiger partial charge in [-0.25, -0.2) is 4.39 Å². The number of nitrogens with zero attached hydrogens (tertiary/aromatic N) is 2. The molecule has 2 aromatic heterocycles. The molecule has 2 aromatic carbocycles. The first-order valence-corrected chi connectivity index (χ1v) is 6.83. The number of benzene rings is 2. The lowest BCUT2D eigenvalue weighted by Crippen LogP contribution is -1.85. The lowest BCUT2D eigenvalue weighted by atomic mass is 10.1. The molecular formula is C17H12FN3O. The molecule has 0 atom stereocenters. The Labute approximate surface area is 125 Å². The predicted octanol–water partition coefficient (Wildman–Crippen LogP) is 3.93. The molecule has 0 fully saturated rings. The first-order chi connectivity index (χ1) is 10.8. The zero-order chi connectivity index (χ0) is 15.1. The standard InChI is InChI=1S/C17H12FN3O/c1-22-12-6-7-15-13(8-12)17-14(9-19-15)16(20-21-17)10-2-4-11(18)5-3-10/h2-9H,1H3,(H,20,21). The minimum Gasteiger partial charge on any atom is -0.497 e. The third-order valence-corrected chi connectivity index (χ3v) is 3.73. The second-order valence-corrected chi connectivity index (χ2v) is 5.01. The van der Waals surface area contributed by atoms with E-state index in [-0.39, 0.29) is 5.82 Å². The van der Waals surface area contributed by atoms with Gasteiger partial charge in [0, 0.05) is 22.5 Å². The van der Waals surface area contributed by atoms with Gasteiger partial charge in [0.05, 0.1) is 18.1 Å². The Morgan fingerprint density at radius 2 is 1.86 bits per heavy atom. The molecule has 0 saturated heterocycles. The maximum atomic E-state index is 13.1. The summed E-state index contributed by atoms with van der Waals surface area (Å²) >= 11 is 0. The number of nitrogens with one attached hydrogen (secondary N) is 1. The van der Waals surface area contributed by atoms with Gasteiger partial charge in [0.25, 0.3) is 0 Å². The van der Waals surface area contributed by atoms with Crippen molar-refractivity contribution < 1.29 is 9.13 Å². The van der Waals surface area contributed by atoms with E-state index < -0.39 is 0 Å². The normalized spacial score (nSPS) is 11.2. The molecule has 4 aromatic rings. The van der Waals surface area contributed by atoms with Crippen molar-refractivity contribution in [3.8, 4) is 17.0 Å². The fourth-order valence-corrected chi connectivity index (χ4v) is 2.60. The van der Waals surface area contributed by atoms with E-state index in [9.17, 15) is 4.39 Å². The molecular weight excluding hydrogens is 281 g/mol. The quantitative estimate of drug-likeness (QED) is 0.609. The molecule has 5 heteroatoms. The van der Waals surface area contributed by atoms with Crippen LogP contribution >= 0.6 is 0 Å². The third kappa shape index (κ3) is 1.90. The van der Waals surface area contributed by atoms with Gasteiger partial charge in [-0.15, -0.1) is 0 Å². The lowest BCUT2D eigenvalue weighted by Gasteiger charge is -2.03. The molecule has 108 valence electrons. The van der Waals surface area contributed by atoms with Crippen molar-refractivity contribution in [1.82, 2.24) is 15.2 Å². The van der Waals surface area contributed by atoms with E-state index in [4.69, 9.17) is 4.74 Å². The van der Waals surface area contributed by atoms with Crippen LogP contribution in [-0.4, -0.2) is 22.3 Å². The lowest BCUT2D eigenvalue weighted by molar-refractivity contribution is 0.415. The first kappa shape index (κ1) is 12.8. The third-order valence-electron chi connectivity index (χ3n) is 3.73. The number of methoxy groups -OCH3 is 1. The van der Waals surface area contributed by atoms with Gasteiger partial charge in [0.1, 0.15) is 17.3 Å². The Kier molecular flexibility index (Phi) is 2.79. The molecule has 4 nitrogen and oxygen atoms in total. The molecule has 0 bridgehead atoms. The summed E-state index contributed by atoms with van der Waals surface area (Å²) in [5, 5.41) is 9.27. The number of hydrogen-bond acceptors (Lipinski definition) is 3. The molecule has 0 aliphatic carbocycles. The van der Waals surface area contributed by atoms with Crippen molar-refractivity contribution in [1.29, 1.82) is 0 Å². The van der Waals surface area contributed by atoms with Crippen molar-refractivity contribution in [3.05, 3.63) is 54.5 Å². The average Bonchev–Trinajstić information content (AvgIpc) is 2.99. The number of fused-ring (bicyclic) bond motifs is 3. The Hall–Kier alpha value is -2.95. The van der Waals surface area contributed by atoms with Gasteiger partial charge in [0.15, 0.2) is 0 Å². The maximum absolute atomic E-state index is 13.1. The van der Waals surface area contributed by atoms with Crippen molar-refractivity contribution >= 4 is 21.8 Å². The van der Waals surface area contributed by atoms with Gasteiger partial charge >= 0.3 is 0 Å². The highest BCUT2D eigenvalue weighted by atomic mass is 19.1. The maximum Gasteiger partial charge on any atom is 0.123 e. The number of hydrogen-bond donors (Lipinski definition) is 1. The van der Waals surface area contributed by atoms with E-state index in [1.54, 1.807) is 25.4 Å². The molecule has 0 saturated carbocycles. The first-order valence-electron chi connectivity index (χ1n) is 6.83. The molecule has 0 unspecified atom stereocenters. The SMILES string of the molecule is COc1ccc2ncc3c(-c4ccc(F)cc4)n[nH]c3c2c1. The summed E-state index contributed by atoms with van der Waals surface area (Å²) < 4.78 is 18.4. The molecule has 0 radical (unpaired) electrons. The number of pyridine rings is 1. The largest absolute Gasteiger partial charge is 0.497 e. The van der Waals surface area contributed by atoms with Crippen molar-refractivity contribution in [3.63, 3.8) is 0 Å². The molecule has 0 spiro atoms. The summed E-state index contributed by atoms with van der Waals surface area (Å²) in [5.41, 5.74) is 3.36. The van der Waals surface area contributed by atoms with Crippen molar-refractivity contribution in [2.75, 3.05) is 7.11 Å². The van der Waals surface area contributed by atoms with Crippen LogP contribution < -0.4 is 4.74 Å². The van der Waals surface area contributed by atoms with Crippen LogP contribution in [0.25, 0.3) is 33.1 Å². The van der Waals surface area contributed by atoms with Crippen molar-refractivity contribution in [2.24, 2.45) is 0 Å². The van der Waals surface area contributed by atoms with Gasteiger partial charge in [-0.1, -0.05) is 0 Å². The minimum absolute atomic E-state index is 0.267. The van der Waals surface area contributed by atoms with E-state index in [1.807, 2.05) is 18.2 Å². The summed E-state index contributed by atoms with van der Waals surface area (Å²) in [6.45, 7) is 0. The number of ether oxygens (including phenoxy) is 1. The average molecular weight is 293 g/mol. The summed E-state index contributed by atoms with van der Waals surface area (Å²) in [6.07, 6.45) is 1.78. The second-order valence-electron chi connectivity index (χ2n) is 5.01. The molecule has 0 amide bonds. The van der Waals surface area contributed by atoms with Crippen LogP contribution in [0.15, 0.2) is 48.7 Å². The number of rotatable bonds is 2. The highest BCUT2D eigenvalue weighted by molar-refractivity contribution is 6.07. The van der Waals surface area contributed by atoms with E-state index in [1.165, 1.54) is 12.1 Å².